The fourth-order valence-corrected chi connectivity index (χ4v) is 3.19. The van der Waals surface area contributed by atoms with Crippen molar-refractivity contribution in [3.8, 4) is 0 Å². The second-order valence-electron chi connectivity index (χ2n) is 4.93. The third kappa shape index (κ3) is 3.50. The van der Waals surface area contributed by atoms with Gasteiger partial charge in [-0.15, -0.1) is 0 Å². The first-order valence-electron chi connectivity index (χ1n) is 6.76. The molecule has 0 saturated heterocycles. The zero-order chi connectivity index (χ0) is 14.5. The minimum Gasteiger partial charge on any atom is -0.468 e. The summed E-state index contributed by atoms with van der Waals surface area (Å²) in [6.07, 6.45) is 4.15. The van der Waals surface area contributed by atoms with E-state index in [1.165, 1.54) is 7.11 Å². The van der Waals surface area contributed by atoms with Crippen molar-refractivity contribution in [2.75, 3.05) is 13.7 Å². The number of nitrogens with zero attached hydrogens (tertiary/aromatic N) is 1. The topological polar surface area (TPSA) is 46.6 Å². The Kier molecular flexibility index (Phi) is 5.39. The smallest absolute Gasteiger partial charge is 0.325 e. The molecule has 20 heavy (non-hydrogen) atoms. The van der Waals surface area contributed by atoms with Crippen LogP contribution in [0.3, 0.4) is 0 Å². The van der Waals surface area contributed by atoms with Crippen LogP contribution in [-0.2, 0) is 9.53 Å². The second-order valence-corrected chi connectivity index (χ2v) is 6.09. The molecular formula is C15H18INO3. The molecule has 0 bridgehead atoms. The van der Waals surface area contributed by atoms with Crippen LogP contribution in [0.5, 0.6) is 0 Å². The Morgan fingerprint density at radius 3 is 2.55 bits per heavy atom. The zero-order valence-electron chi connectivity index (χ0n) is 11.5. The van der Waals surface area contributed by atoms with Crippen molar-refractivity contribution in [1.29, 1.82) is 0 Å². The van der Waals surface area contributed by atoms with Crippen LogP contribution in [0.1, 0.15) is 36.0 Å². The molecule has 1 aromatic carbocycles. The van der Waals surface area contributed by atoms with E-state index in [0.717, 1.165) is 29.3 Å². The summed E-state index contributed by atoms with van der Waals surface area (Å²) in [6, 6.07) is 7.61. The van der Waals surface area contributed by atoms with Gasteiger partial charge in [-0.2, -0.15) is 0 Å². The largest absolute Gasteiger partial charge is 0.468 e. The number of amides is 1. The van der Waals surface area contributed by atoms with Gasteiger partial charge in [-0.3, -0.25) is 9.59 Å². The van der Waals surface area contributed by atoms with Gasteiger partial charge in [0.2, 0.25) is 0 Å². The number of halogens is 1. The lowest BCUT2D eigenvalue weighted by molar-refractivity contribution is -0.141. The Hall–Kier alpha value is -1.11. The first-order valence-corrected chi connectivity index (χ1v) is 7.83. The summed E-state index contributed by atoms with van der Waals surface area (Å²) in [4.78, 5) is 26.0. The van der Waals surface area contributed by atoms with Gasteiger partial charge in [0.05, 0.1) is 12.7 Å². The molecule has 108 valence electrons. The number of esters is 1. The summed E-state index contributed by atoms with van der Waals surface area (Å²) in [5.41, 5.74) is 0.656. The fraction of sp³-hybridized carbons (Fsp3) is 0.467. The average Bonchev–Trinajstić information content (AvgIpc) is 2.98. The van der Waals surface area contributed by atoms with Gasteiger partial charge in [0.15, 0.2) is 0 Å². The van der Waals surface area contributed by atoms with Gasteiger partial charge < -0.3 is 9.64 Å². The Balaban J connectivity index is 2.23. The van der Waals surface area contributed by atoms with Gasteiger partial charge in [-0.05, 0) is 47.6 Å². The zero-order valence-corrected chi connectivity index (χ0v) is 13.6. The van der Waals surface area contributed by atoms with Crippen LogP contribution in [0.4, 0.5) is 0 Å². The Morgan fingerprint density at radius 1 is 1.30 bits per heavy atom. The van der Waals surface area contributed by atoms with Gasteiger partial charge in [-0.1, -0.05) is 25.0 Å². The molecule has 0 aliphatic heterocycles. The quantitative estimate of drug-likeness (QED) is 0.590. The van der Waals surface area contributed by atoms with E-state index in [9.17, 15) is 9.59 Å². The number of carbonyl (C=O) groups excluding carboxylic acids is 2. The Morgan fingerprint density at radius 2 is 1.95 bits per heavy atom. The Labute approximate surface area is 132 Å². The van der Waals surface area contributed by atoms with Gasteiger partial charge >= 0.3 is 5.97 Å². The highest BCUT2D eigenvalue weighted by Gasteiger charge is 2.30. The first kappa shape index (κ1) is 15.3. The molecule has 0 radical (unpaired) electrons. The van der Waals surface area contributed by atoms with Crippen LogP contribution >= 0.6 is 22.6 Å². The SMILES string of the molecule is COC(=O)CN(C(=O)c1ccccc1I)C1CCCC1. The number of hydrogen-bond donors (Lipinski definition) is 0. The predicted molar refractivity (Wildman–Crippen MR) is 84.5 cm³/mol. The predicted octanol–water partition coefficient (Wildman–Crippen LogP) is 2.85. The summed E-state index contributed by atoms with van der Waals surface area (Å²) in [6.45, 7) is 0.0327. The lowest BCUT2D eigenvalue weighted by Crippen LogP contribution is -2.42. The number of carbonyl (C=O) groups is 2. The van der Waals surface area contributed by atoms with Crippen molar-refractivity contribution in [2.45, 2.75) is 31.7 Å². The molecule has 1 saturated carbocycles. The molecule has 5 heteroatoms. The highest BCUT2D eigenvalue weighted by atomic mass is 127. The van der Waals surface area contributed by atoms with Crippen molar-refractivity contribution >= 4 is 34.5 Å². The maximum absolute atomic E-state index is 12.7. The molecule has 0 spiro atoms. The third-order valence-electron chi connectivity index (χ3n) is 3.66. The van der Waals surface area contributed by atoms with E-state index in [2.05, 4.69) is 22.6 Å². The van der Waals surface area contributed by atoms with Crippen molar-refractivity contribution in [3.05, 3.63) is 33.4 Å². The van der Waals surface area contributed by atoms with Crippen LogP contribution in [-0.4, -0.2) is 36.5 Å². The van der Waals surface area contributed by atoms with E-state index >= 15 is 0 Å². The summed E-state index contributed by atoms with van der Waals surface area (Å²) in [5, 5.41) is 0. The van der Waals surface area contributed by atoms with Crippen LogP contribution in [0.2, 0.25) is 0 Å². The van der Waals surface area contributed by atoms with Gasteiger partial charge in [0, 0.05) is 9.61 Å². The van der Waals surface area contributed by atoms with Crippen LogP contribution < -0.4 is 0 Å². The third-order valence-corrected chi connectivity index (χ3v) is 4.60. The molecule has 0 aromatic heterocycles. The molecular weight excluding hydrogens is 369 g/mol. The Bertz CT molecular complexity index is 498. The van der Waals surface area contributed by atoms with Gasteiger partial charge in [0.1, 0.15) is 6.54 Å². The van der Waals surface area contributed by atoms with Crippen molar-refractivity contribution in [3.63, 3.8) is 0 Å². The minimum absolute atomic E-state index is 0.0327. The summed E-state index contributed by atoms with van der Waals surface area (Å²) in [7, 11) is 1.35. The lowest BCUT2D eigenvalue weighted by Gasteiger charge is -2.28. The van der Waals surface area contributed by atoms with Crippen LogP contribution in [0, 0.1) is 3.57 Å². The molecule has 1 aliphatic carbocycles. The number of hydrogen-bond acceptors (Lipinski definition) is 3. The molecule has 2 rings (SSSR count). The van der Waals surface area contributed by atoms with Crippen molar-refractivity contribution < 1.29 is 14.3 Å². The number of methoxy groups -OCH3 is 1. The molecule has 4 nitrogen and oxygen atoms in total. The summed E-state index contributed by atoms with van der Waals surface area (Å²) >= 11 is 2.15. The maximum Gasteiger partial charge on any atom is 0.325 e. The summed E-state index contributed by atoms with van der Waals surface area (Å²) < 4.78 is 5.63. The average molecular weight is 387 g/mol. The molecule has 0 unspecified atom stereocenters. The van der Waals surface area contributed by atoms with Crippen LogP contribution in [0.15, 0.2) is 24.3 Å². The van der Waals surface area contributed by atoms with E-state index in [1.54, 1.807) is 4.90 Å². The molecule has 1 amide bonds. The second kappa shape index (κ2) is 7.06. The highest BCUT2D eigenvalue weighted by Crippen LogP contribution is 2.26. The molecule has 1 aliphatic rings. The molecule has 1 fully saturated rings. The van der Waals surface area contributed by atoms with Crippen LogP contribution in [0.25, 0.3) is 0 Å². The summed E-state index contributed by atoms with van der Waals surface area (Å²) in [5.74, 6) is -0.441. The normalized spacial score (nSPS) is 15.1. The first-order chi connectivity index (χ1) is 9.63. The number of ether oxygens (including phenoxy) is 1. The monoisotopic (exact) mass is 387 g/mol. The minimum atomic E-state index is -0.365. The van der Waals surface area contributed by atoms with E-state index in [1.807, 2.05) is 24.3 Å². The number of benzene rings is 1. The molecule has 1 aromatic rings. The van der Waals surface area contributed by atoms with E-state index in [-0.39, 0.29) is 24.5 Å². The number of rotatable bonds is 4. The van der Waals surface area contributed by atoms with Gasteiger partial charge in [-0.25, -0.2) is 0 Å². The van der Waals surface area contributed by atoms with E-state index in [0.29, 0.717) is 5.56 Å². The van der Waals surface area contributed by atoms with Crippen molar-refractivity contribution in [1.82, 2.24) is 4.90 Å². The van der Waals surface area contributed by atoms with Crippen molar-refractivity contribution in [2.24, 2.45) is 0 Å². The fourth-order valence-electron chi connectivity index (χ4n) is 2.58. The van der Waals surface area contributed by atoms with E-state index < -0.39 is 0 Å². The lowest BCUT2D eigenvalue weighted by atomic mass is 10.1. The van der Waals surface area contributed by atoms with E-state index in [4.69, 9.17) is 4.74 Å². The standard InChI is InChI=1S/C15H18INO3/c1-20-14(18)10-17(11-6-2-3-7-11)15(19)12-8-4-5-9-13(12)16/h4-5,8-9,11H,2-3,6-7,10H2,1H3. The van der Waals surface area contributed by atoms with Gasteiger partial charge in [0.25, 0.3) is 5.91 Å². The highest BCUT2D eigenvalue weighted by molar-refractivity contribution is 14.1. The molecule has 0 atom stereocenters. The molecule has 0 N–H and O–H groups in total. The molecule has 0 heterocycles. The maximum atomic E-state index is 12.7.